The number of nitrogens with one attached hydrogen (secondary N) is 1. The molecule has 3 rings (SSSR count). The first-order valence-corrected chi connectivity index (χ1v) is 7.39. The number of hydrogen-bond acceptors (Lipinski definition) is 2. The Hall–Kier alpha value is -2.14. The van der Waals surface area contributed by atoms with E-state index in [1.165, 1.54) is 0 Å². The molecule has 0 unspecified atom stereocenters. The first-order chi connectivity index (χ1) is 10.1. The second kappa shape index (κ2) is 5.69. The molecule has 2 heterocycles. The van der Waals surface area contributed by atoms with Crippen molar-refractivity contribution < 1.29 is 4.79 Å². The van der Waals surface area contributed by atoms with Crippen LogP contribution in [0.1, 0.15) is 21.6 Å². The largest absolute Gasteiger partial charge is 0.346 e. The van der Waals surface area contributed by atoms with Gasteiger partial charge in [-0.05, 0) is 47.1 Å². The number of hydrogen-bond donors (Lipinski definition) is 1. The molecule has 21 heavy (non-hydrogen) atoms. The van der Waals surface area contributed by atoms with Crippen molar-refractivity contribution in [2.75, 3.05) is 0 Å². The Balaban J connectivity index is 1.72. The van der Waals surface area contributed by atoms with Crippen LogP contribution in [0.2, 0.25) is 0 Å². The van der Waals surface area contributed by atoms with Crippen LogP contribution >= 0.6 is 15.9 Å². The molecule has 0 saturated carbocycles. The molecule has 0 aliphatic rings. The average molecular weight is 344 g/mol. The van der Waals surface area contributed by atoms with Crippen molar-refractivity contribution in [1.29, 1.82) is 0 Å². The average Bonchev–Trinajstić information content (AvgIpc) is 2.86. The summed E-state index contributed by atoms with van der Waals surface area (Å²) in [5.74, 6) is -0.0862. The molecule has 1 amide bonds. The minimum atomic E-state index is -0.0862. The molecule has 0 bridgehead atoms. The Labute approximate surface area is 131 Å². The number of aromatic nitrogens is 2. The van der Waals surface area contributed by atoms with Gasteiger partial charge < -0.3 is 9.72 Å². The van der Waals surface area contributed by atoms with Gasteiger partial charge in [0.1, 0.15) is 5.65 Å². The Morgan fingerprint density at radius 2 is 2.14 bits per heavy atom. The van der Waals surface area contributed by atoms with E-state index in [4.69, 9.17) is 0 Å². The van der Waals surface area contributed by atoms with E-state index in [9.17, 15) is 4.79 Å². The van der Waals surface area contributed by atoms with E-state index in [0.29, 0.717) is 12.1 Å². The minimum Gasteiger partial charge on any atom is -0.346 e. The van der Waals surface area contributed by atoms with E-state index in [1.807, 2.05) is 60.1 Å². The highest BCUT2D eigenvalue weighted by molar-refractivity contribution is 9.10. The topological polar surface area (TPSA) is 46.4 Å². The molecular weight excluding hydrogens is 330 g/mol. The minimum absolute atomic E-state index is 0.0862. The first-order valence-electron chi connectivity index (χ1n) is 6.60. The van der Waals surface area contributed by atoms with E-state index >= 15 is 0 Å². The molecule has 1 aromatic carbocycles. The maximum absolute atomic E-state index is 12.1. The molecule has 1 N–H and O–H groups in total. The van der Waals surface area contributed by atoms with Gasteiger partial charge in [0.15, 0.2) is 0 Å². The summed E-state index contributed by atoms with van der Waals surface area (Å²) in [5, 5.41) is 2.89. The lowest BCUT2D eigenvalue weighted by atomic mass is 10.1. The molecule has 106 valence electrons. The third-order valence-corrected chi connectivity index (χ3v) is 3.64. The molecule has 0 aliphatic carbocycles. The molecule has 5 heteroatoms. The lowest BCUT2D eigenvalue weighted by molar-refractivity contribution is 0.0950. The maximum atomic E-state index is 12.1. The van der Waals surface area contributed by atoms with Crippen molar-refractivity contribution in [1.82, 2.24) is 14.7 Å². The van der Waals surface area contributed by atoms with Crippen LogP contribution in [0.5, 0.6) is 0 Å². The predicted octanol–water partition coefficient (Wildman–Crippen LogP) is 3.34. The number of aryl methyl sites for hydroxylation is 1. The third-order valence-electron chi connectivity index (χ3n) is 3.18. The van der Waals surface area contributed by atoms with Crippen molar-refractivity contribution in [3.8, 4) is 0 Å². The van der Waals surface area contributed by atoms with Crippen molar-refractivity contribution in [3.05, 3.63) is 70.1 Å². The number of nitrogens with zero attached hydrogens (tertiary/aromatic N) is 2. The first kappa shape index (κ1) is 13.8. The van der Waals surface area contributed by atoms with Gasteiger partial charge in [-0.2, -0.15) is 0 Å². The number of halogens is 1. The van der Waals surface area contributed by atoms with E-state index in [2.05, 4.69) is 26.2 Å². The van der Waals surface area contributed by atoms with Gasteiger partial charge in [-0.3, -0.25) is 4.79 Å². The van der Waals surface area contributed by atoms with Crippen molar-refractivity contribution >= 4 is 27.5 Å². The molecule has 3 aromatic rings. The monoisotopic (exact) mass is 343 g/mol. The normalized spacial score (nSPS) is 10.8. The highest BCUT2D eigenvalue weighted by atomic mass is 79.9. The van der Waals surface area contributed by atoms with Crippen LogP contribution in [0.15, 0.2) is 53.3 Å². The Morgan fingerprint density at radius 1 is 1.29 bits per heavy atom. The van der Waals surface area contributed by atoms with Gasteiger partial charge in [0.2, 0.25) is 0 Å². The SMILES string of the molecule is Cc1cccc(C(=O)NCc2cn3cc(Br)ccc3n2)c1. The van der Waals surface area contributed by atoms with E-state index in [-0.39, 0.29) is 5.91 Å². The third kappa shape index (κ3) is 3.13. The fraction of sp³-hybridized carbons (Fsp3) is 0.125. The zero-order chi connectivity index (χ0) is 14.8. The summed E-state index contributed by atoms with van der Waals surface area (Å²) in [6.45, 7) is 2.38. The van der Waals surface area contributed by atoms with Gasteiger partial charge in [0.25, 0.3) is 5.91 Å². The van der Waals surface area contributed by atoms with Gasteiger partial charge in [0.05, 0.1) is 12.2 Å². The van der Waals surface area contributed by atoms with Gasteiger partial charge >= 0.3 is 0 Å². The van der Waals surface area contributed by atoms with E-state index < -0.39 is 0 Å². The number of imidazole rings is 1. The summed E-state index contributed by atoms with van der Waals surface area (Å²) in [5.41, 5.74) is 3.42. The van der Waals surface area contributed by atoms with Crippen LogP contribution in [0.25, 0.3) is 5.65 Å². The Kier molecular flexibility index (Phi) is 3.75. The Morgan fingerprint density at radius 3 is 2.95 bits per heavy atom. The van der Waals surface area contributed by atoms with Gasteiger partial charge in [0, 0.05) is 22.4 Å². The number of fused-ring (bicyclic) bond motifs is 1. The number of amides is 1. The summed E-state index contributed by atoms with van der Waals surface area (Å²) in [6.07, 6.45) is 3.85. The summed E-state index contributed by atoms with van der Waals surface area (Å²) >= 11 is 3.42. The summed E-state index contributed by atoms with van der Waals surface area (Å²) in [6, 6.07) is 11.4. The molecule has 0 atom stereocenters. The highest BCUT2D eigenvalue weighted by Crippen LogP contribution is 2.12. The molecule has 0 saturated heterocycles. The standard InChI is InChI=1S/C16H14BrN3O/c1-11-3-2-4-12(7-11)16(21)18-8-14-10-20-9-13(17)5-6-15(20)19-14/h2-7,9-10H,8H2,1H3,(H,18,21). The van der Waals surface area contributed by atoms with Crippen LogP contribution in [-0.4, -0.2) is 15.3 Å². The molecule has 0 spiro atoms. The van der Waals surface area contributed by atoms with Crippen LogP contribution in [0.3, 0.4) is 0 Å². The summed E-state index contributed by atoms with van der Waals surface area (Å²) < 4.78 is 2.92. The number of rotatable bonds is 3. The number of pyridine rings is 1. The van der Waals surface area contributed by atoms with Crippen molar-refractivity contribution in [3.63, 3.8) is 0 Å². The van der Waals surface area contributed by atoms with Crippen LogP contribution in [0, 0.1) is 6.92 Å². The van der Waals surface area contributed by atoms with Crippen LogP contribution in [-0.2, 0) is 6.54 Å². The van der Waals surface area contributed by atoms with Gasteiger partial charge in [-0.1, -0.05) is 17.7 Å². The van der Waals surface area contributed by atoms with Gasteiger partial charge in [-0.25, -0.2) is 4.98 Å². The summed E-state index contributed by atoms with van der Waals surface area (Å²) in [4.78, 5) is 16.6. The highest BCUT2D eigenvalue weighted by Gasteiger charge is 2.07. The molecule has 0 fully saturated rings. The Bertz CT molecular complexity index is 810. The van der Waals surface area contributed by atoms with Crippen molar-refractivity contribution in [2.24, 2.45) is 0 Å². The number of carbonyl (C=O) groups excluding carboxylic acids is 1. The molecular formula is C16H14BrN3O. The number of carbonyl (C=O) groups is 1. The van der Waals surface area contributed by atoms with E-state index in [0.717, 1.165) is 21.4 Å². The van der Waals surface area contributed by atoms with Crippen LogP contribution in [0.4, 0.5) is 0 Å². The maximum Gasteiger partial charge on any atom is 0.251 e. The fourth-order valence-corrected chi connectivity index (χ4v) is 2.51. The quantitative estimate of drug-likeness (QED) is 0.792. The smallest absolute Gasteiger partial charge is 0.251 e. The number of benzene rings is 1. The predicted molar refractivity (Wildman–Crippen MR) is 85.2 cm³/mol. The lowest BCUT2D eigenvalue weighted by Crippen LogP contribution is -2.22. The van der Waals surface area contributed by atoms with Crippen molar-refractivity contribution in [2.45, 2.75) is 13.5 Å². The molecule has 0 radical (unpaired) electrons. The van der Waals surface area contributed by atoms with E-state index in [1.54, 1.807) is 0 Å². The lowest BCUT2D eigenvalue weighted by Gasteiger charge is -2.03. The molecule has 4 nitrogen and oxygen atoms in total. The zero-order valence-electron chi connectivity index (χ0n) is 11.5. The zero-order valence-corrected chi connectivity index (χ0v) is 13.1. The molecule has 2 aromatic heterocycles. The summed E-state index contributed by atoms with van der Waals surface area (Å²) in [7, 11) is 0. The fourth-order valence-electron chi connectivity index (χ4n) is 2.16. The second-order valence-electron chi connectivity index (χ2n) is 4.90. The van der Waals surface area contributed by atoms with Crippen LogP contribution < -0.4 is 5.32 Å². The molecule has 0 aliphatic heterocycles. The second-order valence-corrected chi connectivity index (χ2v) is 5.81. The van der Waals surface area contributed by atoms with Gasteiger partial charge in [-0.15, -0.1) is 0 Å².